The van der Waals surface area contributed by atoms with Gasteiger partial charge in [-0.1, -0.05) is 54.7 Å². The number of aliphatic hydroxyl groups is 1. The Hall–Kier alpha value is -1.16. The average Bonchev–Trinajstić information content (AvgIpc) is 2.77. The average molecular weight is 281 g/mol. The molecule has 0 aliphatic carbocycles. The standard InChI is InChI=1S/C11H14N2OS.CHNS/c12-11-13(6-7-15-11)8-10(14)9-4-2-1-3-5-9;2-1-3/h1-5,10,12,14H,6-8H2;3H. The molecule has 0 saturated carbocycles. The lowest BCUT2D eigenvalue weighted by atomic mass is 10.1. The third-order valence-corrected chi connectivity index (χ3v) is 3.38. The van der Waals surface area contributed by atoms with E-state index in [0.717, 1.165) is 17.9 Å². The van der Waals surface area contributed by atoms with Crippen molar-refractivity contribution in [3.05, 3.63) is 35.9 Å². The SMILES string of the molecule is N#CS.N=C1SCCN1CC(O)c1ccccc1. The van der Waals surface area contributed by atoms with Gasteiger partial charge in [0.25, 0.3) is 0 Å². The fraction of sp³-hybridized carbons (Fsp3) is 0.333. The minimum absolute atomic E-state index is 0.495. The van der Waals surface area contributed by atoms with E-state index in [-0.39, 0.29) is 0 Å². The normalized spacial score (nSPS) is 15.6. The molecule has 1 unspecified atom stereocenters. The van der Waals surface area contributed by atoms with Crippen LogP contribution in [-0.2, 0) is 0 Å². The first-order valence-electron chi connectivity index (χ1n) is 5.41. The zero-order valence-electron chi connectivity index (χ0n) is 9.78. The van der Waals surface area contributed by atoms with E-state index < -0.39 is 6.10 Å². The van der Waals surface area contributed by atoms with Crippen molar-refractivity contribution in [1.29, 1.82) is 10.7 Å². The van der Waals surface area contributed by atoms with E-state index in [2.05, 4.69) is 12.6 Å². The van der Waals surface area contributed by atoms with Crippen LogP contribution < -0.4 is 0 Å². The summed E-state index contributed by atoms with van der Waals surface area (Å²) in [6.45, 7) is 1.39. The van der Waals surface area contributed by atoms with Gasteiger partial charge in [-0.2, -0.15) is 5.26 Å². The Morgan fingerprint density at radius 1 is 1.50 bits per heavy atom. The number of hydrogen-bond donors (Lipinski definition) is 3. The maximum Gasteiger partial charge on any atom is 0.156 e. The van der Waals surface area contributed by atoms with Crippen LogP contribution in [0.2, 0.25) is 0 Å². The topological polar surface area (TPSA) is 71.1 Å². The molecule has 1 fully saturated rings. The number of amidine groups is 1. The number of aliphatic hydroxyl groups excluding tert-OH is 1. The highest BCUT2D eigenvalue weighted by atomic mass is 32.2. The molecule has 1 aromatic rings. The zero-order valence-corrected chi connectivity index (χ0v) is 11.5. The van der Waals surface area contributed by atoms with Crippen LogP contribution in [0, 0.1) is 16.1 Å². The van der Waals surface area contributed by atoms with Crippen molar-refractivity contribution < 1.29 is 5.11 Å². The van der Waals surface area contributed by atoms with Gasteiger partial charge in [-0.15, -0.1) is 0 Å². The summed E-state index contributed by atoms with van der Waals surface area (Å²) in [6, 6.07) is 9.60. The molecule has 1 atom stereocenters. The van der Waals surface area contributed by atoms with Crippen LogP contribution in [-0.4, -0.2) is 34.0 Å². The van der Waals surface area contributed by atoms with Crippen molar-refractivity contribution in [2.24, 2.45) is 0 Å². The fourth-order valence-corrected chi connectivity index (χ4v) is 2.46. The predicted molar refractivity (Wildman–Crippen MR) is 77.8 cm³/mol. The fourth-order valence-electron chi connectivity index (χ4n) is 1.61. The lowest BCUT2D eigenvalue weighted by molar-refractivity contribution is 0.148. The molecule has 18 heavy (non-hydrogen) atoms. The van der Waals surface area contributed by atoms with Crippen LogP contribution in [0.3, 0.4) is 0 Å². The van der Waals surface area contributed by atoms with E-state index in [4.69, 9.17) is 10.7 Å². The summed E-state index contributed by atoms with van der Waals surface area (Å²) in [5, 5.41) is 26.8. The summed E-state index contributed by atoms with van der Waals surface area (Å²) in [4.78, 5) is 1.92. The second kappa shape index (κ2) is 8.03. The van der Waals surface area contributed by atoms with Gasteiger partial charge in [0, 0.05) is 18.8 Å². The van der Waals surface area contributed by atoms with E-state index >= 15 is 0 Å². The minimum Gasteiger partial charge on any atom is -0.387 e. The first kappa shape index (κ1) is 14.9. The second-order valence-electron chi connectivity index (χ2n) is 3.63. The number of β-amino-alcohol motifs (C(OH)–C–C–N with tert-alkyl or cyclic N) is 1. The van der Waals surface area contributed by atoms with Crippen molar-refractivity contribution >= 4 is 29.6 Å². The number of thiol groups is 1. The molecule has 1 heterocycles. The van der Waals surface area contributed by atoms with E-state index in [1.165, 1.54) is 5.40 Å². The number of thioether (sulfide) groups is 1. The van der Waals surface area contributed by atoms with Gasteiger partial charge in [0.2, 0.25) is 0 Å². The number of hydrogen-bond acceptors (Lipinski definition) is 5. The van der Waals surface area contributed by atoms with Gasteiger partial charge in [-0.05, 0) is 5.56 Å². The number of benzene rings is 1. The van der Waals surface area contributed by atoms with E-state index in [1.807, 2.05) is 35.2 Å². The Morgan fingerprint density at radius 3 is 2.61 bits per heavy atom. The Labute approximate surface area is 117 Å². The molecule has 1 aliphatic heterocycles. The van der Waals surface area contributed by atoms with Crippen LogP contribution in [0.5, 0.6) is 0 Å². The molecule has 0 bridgehead atoms. The maximum atomic E-state index is 9.95. The van der Waals surface area contributed by atoms with Gasteiger partial charge in [0.15, 0.2) is 5.17 Å². The number of rotatable bonds is 3. The lowest BCUT2D eigenvalue weighted by Crippen LogP contribution is -2.28. The molecule has 6 heteroatoms. The van der Waals surface area contributed by atoms with Gasteiger partial charge >= 0.3 is 0 Å². The molecule has 2 N–H and O–H groups in total. The van der Waals surface area contributed by atoms with Crippen molar-refractivity contribution in [3.63, 3.8) is 0 Å². The predicted octanol–water partition coefficient (Wildman–Crippen LogP) is 2.10. The first-order valence-corrected chi connectivity index (χ1v) is 6.84. The second-order valence-corrected chi connectivity index (χ2v) is 4.91. The lowest BCUT2D eigenvalue weighted by Gasteiger charge is -2.20. The Morgan fingerprint density at radius 2 is 2.11 bits per heavy atom. The maximum absolute atomic E-state index is 9.95. The molecular formula is C12H15N3OS2. The van der Waals surface area contributed by atoms with Crippen LogP contribution >= 0.6 is 24.4 Å². The molecular weight excluding hydrogens is 266 g/mol. The van der Waals surface area contributed by atoms with Crippen molar-refractivity contribution in [1.82, 2.24) is 4.90 Å². The van der Waals surface area contributed by atoms with Crippen molar-refractivity contribution in [2.75, 3.05) is 18.8 Å². The van der Waals surface area contributed by atoms with Crippen molar-refractivity contribution in [2.45, 2.75) is 6.10 Å². The smallest absolute Gasteiger partial charge is 0.156 e. The summed E-state index contributed by atoms with van der Waals surface area (Å²) in [6.07, 6.45) is -0.495. The number of nitrogens with zero attached hydrogens (tertiary/aromatic N) is 2. The van der Waals surface area contributed by atoms with Gasteiger partial charge < -0.3 is 10.0 Å². The molecule has 1 aliphatic rings. The summed E-state index contributed by atoms with van der Waals surface area (Å²) in [5.41, 5.74) is 0.919. The van der Waals surface area contributed by atoms with E-state index in [1.54, 1.807) is 11.8 Å². The van der Waals surface area contributed by atoms with Gasteiger partial charge in [-0.25, -0.2) is 0 Å². The number of thiocyanates is 1. The van der Waals surface area contributed by atoms with Gasteiger partial charge in [-0.3, -0.25) is 5.41 Å². The molecule has 1 saturated heterocycles. The van der Waals surface area contributed by atoms with Crippen molar-refractivity contribution in [3.8, 4) is 5.40 Å². The third-order valence-electron chi connectivity index (χ3n) is 2.46. The minimum atomic E-state index is -0.495. The monoisotopic (exact) mass is 281 g/mol. The third kappa shape index (κ3) is 4.61. The van der Waals surface area contributed by atoms with E-state index in [9.17, 15) is 5.11 Å². The van der Waals surface area contributed by atoms with Gasteiger partial charge in [0.05, 0.1) is 6.10 Å². The largest absolute Gasteiger partial charge is 0.387 e. The summed E-state index contributed by atoms with van der Waals surface area (Å²) in [5.74, 6) is 0.959. The highest BCUT2D eigenvalue weighted by Gasteiger charge is 2.20. The first-order chi connectivity index (χ1) is 8.69. The molecule has 2 rings (SSSR count). The summed E-state index contributed by atoms with van der Waals surface area (Å²) >= 11 is 4.63. The Balaban J connectivity index is 0.000000492. The molecule has 96 valence electrons. The van der Waals surface area contributed by atoms with E-state index in [0.29, 0.717) is 11.7 Å². The summed E-state index contributed by atoms with van der Waals surface area (Å²) < 4.78 is 0. The highest BCUT2D eigenvalue weighted by molar-refractivity contribution is 8.14. The molecule has 4 nitrogen and oxygen atoms in total. The number of nitriles is 1. The highest BCUT2D eigenvalue weighted by Crippen LogP contribution is 2.20. The van der Waals surface area contributed by atoms with Crippen LogP contribution in [0.15, 0.2) is 30.3 Å². The Kier molecular flexibility index (Phi) is 6.65. The molecule has 0 spiro atoms. The Bertz CT molecular complexity index is 419. The molecule has 0 amide bonds. The zero-order chi connectivity index (χ0) is 13.4. The van der Waals surface area contributed by atoms with Crippen LogP contribution in [0.4, 0.5) is 0 Å². The van der Waals surface area contributed by atoms with Crippen LogP contribution in [0.1, 0.15) is 11.7 Å². The van der Waals surface area contributed by atoms with Crippen LogP contribution in [0.25, 0.3) is 0 Å². The number of nitrogens with one attached hydrogen (secondary N) is 1. The summed E-state index contributed by atoms with van der Waals surface area (Å²) in [7, 11) is 0. The molecule has 0 aromatic heterocycles. The van der Waals surface area contributed by atoms with Gasteiger partial charge in [0.1, 0.15) is 5.40 Å². The quantitative estimate of drug-likeness (QED) is 0.586. The molecule has 0 radical (unpaired) electrons. The molecule has 1 aromatic carbocycles.